The second kappa shape index (κ2) is 9.05. The van der Waals surface area contributed by atoms with Gasteiger partial charge in [0.1, 0.15) is 0 Å². The van der Waals surface area contributed by atoms with Gasteiger partial charge in [-0.1, -0.05) is 22.6 Å². The Morgan fingerprint density at radius 3 is 1.50 bits per heavy atom. The van der Waals surface area contributed by atoms with Gasteiger partial charge in [0.2, 0.25) is 0 Å². The highest BCUT2D eigenvalue weighted by Gasteiger charge is 1.53. The Morgan fingerprint density at radius 1 is 1.50 bits per heavy atom. The Kier molecular flexibility index (Phi) is 14.6. The molecule has 0 atom stereocenters. The van der Waals surface area contributed by atoms with Crippen molar-refractivity contribution >= 4 is 39.9 Å². The Balaban J connectivity index is 0. The first-order chi connectivity index (χ1) is 2.73. The highest BCUT2D eigenvalue weighted by atomic mass is 127. The molecule has 0 spiro atoms. The maximum atomic E-state index is 4.62. The summed E-state index contributed by atoms with van der Waals surface area (Å²) >= 11 is 6.24. The van der Waals surface area contributed by atoms with Gasteiger partial charge in [0.05, 0.1) is 0 Å². The molecule has 0 saturated heterocycles. The summed E-state index contributed by atoms with van der Waals surface area (Å²) in [5.41, 5.74) is 9.24. The second-order valence-electron chi connectivity index (χ2n) is 0.402. The van der Waals surface area contributed by atoms with Gasteiger partial charge < -0.3 is 11.5 Å². The summed E-state index contributed by atoms with van der Waals surface area (Å²) in [7, 11) is 0. The van der Waals surface area contributed by atoms with Crippen LogP contribution in [0.4, 0.5) is 0 Å². The van der Waals surface area contributed by atoms with Crippen molar-refractivity contribution in [3.63, 3.8) is 0 Å². The molecule has 4 N–H and O–H groups in total. The monoisotopic (exact) mass is 218 g/mol. The van der Waals surface area contributed by atoms with Crippen molar-refractivity contribution in [2.24, 2.45) is 11.5 Å². The van der Waals surface area contributed by atoms with Gasteiger partial charge in [-0.05, 0) is 17.1 Å². The molecule has 0 aromatic carbocycles. The van der Waals surface area contributed by atoms with Crippen molar-refractivity contribution in [2.75, 3.05) is 4.93 Å². The number of hydrogen-bond donors (Lipinski definition) is 2. The summed E-state index contributed by atoms with van der Waals surface area (Å²) in [6.45, 7) is 0. The van der Waals surface area contributed by atoms with Gasteiger partial charge in [0, 0.05) is 0 Å². The number of rotatable bonds is 0. The van der Waals surface area contributed by atoms with E-state index in [9.17, 15) is 0 Å². The van der Waals surface area contributed by atoms with Gasteiger partial charge in [0.15, 0.2) is 5.11 Å². The van der Waals surface area contributed by atoms with Crippen LogP contribution in [-0.4, -0.2) is 10.0 Å². The minimum atomic E-state index is 0.000000000000000222. The van der Waals surface area contributed by atoms with Gasteiger partial charge in [0.25, 0.3) is 0 Å². The summed E-state index contributed by atoms with van der Waals surface area (Å²) in [6.07, 6.45) is 0. The molecule has 4 heteroatoms. The number of hydrogen-bond acceptors (Lipinski definition) is 1. The van der Waals surface area contributed by atoms with Crippen LogP contribution in [0.25, 0.3) is 0 Å². The smallest absolute Gasteiger partial charge is 0.160 e. The lowest BCUT2D eigenvalue weighted by Gasteiger charge is -1.68. The molecule has 0 aromatic rings. The summed E-state index contributed by atoms with van der Waals surface area (Å²) in [6, 6.07) is 0. The van der Waals surface area contributed by atoms with Crippen LogP contribution in [-0.2, 0) is 0 Å². The molecule has 0 bridgehead atoms. The molecule has 0 radical (unpaired) electrons. The molecule has 0 aliphatic rings. The fourth-order valence-corrected chi connectivity index (χ4v) is 0. The Labute approximate surface area is 56.4 Å². The predicted molar refractivity (Wildman–Crippen MR) is 40.9 cm³/mol. The molecule has 0 aliphatic heterocycles. The maximum Gasteiger partial charge on any atom is 0.160 e. The molecule has 0 aliphatic carbocycles. The van der Waals surface area contributed by atoms with E-state index in [0.717, 1.165) is 0 Å². The molecule has 0 rings (SSSR count). The summed E-state index contributed by atoms with van der Waals surface area (Å²) in [5, 5.41) is 0.000000000000000222. The van der Waals surface area contributed by atoms with Crippen LogP contribution in [0.1, 0.15) is 0 Å². The second-order valence-corrected chi connectivity index (χ2v) is 0.874. The first kappa shape index (κ1) is 9.65. The number of thiocarbonyl (C=S) groups is 1. The van der Waals surface area contributed by atoms with E-state index in [1.165, 1.54) is 0 Å². The number of halogens is 1. The largest absolute Gasteiger partial charge is 0.377 e. The lowest BCUT2D eigenvalue weighted by molar-refractivity contribution is 1.65. The molecule has 0 unspecified atom stereocenters. The molecule has 38 valence electrons. The van der Waals surface area contributed by atoms with Gasteiger partial charge in [-0.3, -0.25) is 0 Å². The summed E-state index contributed by atoms with van der Waals surface area (Å²) in [4.78, 5) is 1.97. The van der Waals surface area contributed by atoms with E-state index >= 15 is 0 Å². The van der Waals surface area contributed by atoms with E-state index in [2.05, 4.69) is 46.3 Å². The molecular formula is C2H7IN2S. The third-order valence-electron chi connectivity index (χ3n) is 0. The highest BCUT2D eigenvalue weighted by Crippen LogP contribution is 1.48. The zero-order valence-electron chi connectivity index (χ0n) is 3.44. The minimum absolute atomic E-state index is 0.000000000000000222. The Bertz CT molecular complexity index is 34.5. The molecule has 0 fully saturated rings. The van der Waals surface area contributed by atoms with Gasteiger partial charge in [-0.2, -0.15) is 0 Å². The van der Waals surface area contributed by atoms with Crippen LogP contribution in [0.15, 0.2) is 0 Å². The van der Waals surface area contributed by atoms with Gasteiger partial charge in [-0.25, -0.2) is 0 Å². The minimum Gasteiger partial charge on any atom is -0.377 e. The van der Waals surface area contributed by atoms with E-state index in [4.69, 9.17) is 0 Å². The van der Waals surface area contributed by atoms with Crippen LogP contribution >= 0.6 is 34.8 Å². The van der Waals surface area contributed by atoms with Crippen LogP contribution in [0.2, 0.25) is 0 Å². The highest BCUT2D eigenvalue weighted by molar-refractivity contribution is 14.1. The maximum absolute atomic E-state index is 4.62. The van der Waals surface area contributed by atoms with Crippen LogP contribution in [0.3, 0.4) is 0 Å². The van der Waals surface area contributed by atoms with Crippen molar-refractivity contribution in [1.82, 2.24) is 0 Å². The summed E-state index contributed by atoms with van der Waals surface area (Å²) < 4.78 is 0. The van der Waals surface area contributed by atoms with Crippen LogP contribution < -0.4 is 11.5 Å². The molecule has 0 saturated carbocycles. The van der Waals surface area contributed by atoms with E-state index in [0.29, 0.717) is 0 Å². The molecular weight excluding hydrogens is 211 g/mol. The van der Waals surface area contributed by atoms with Crippen LogP contribution in [0.5, 0.6) is 0 Å². The van der Waals surface area contributed by atoms with E-state index in [1.54, 1.807) is 0 Å². The SMILES string of the molecule is CI.NC(N)=S. The molecule has 0 heterocycles. The summed E-state index contributed by atoms with van der Waals surface area (Å²) in [5.74, 6) is 0. The third-order valence-corrected chi connectivity index (χ3v) is 0. The average Bonchev–Trinajstić information content (AvgIpc) is 1.41. The number of alkyl halides is 1. The van der Waals surface area contributed by atoms with Gasteiger partial charge in [-0.15, -0.1) is 0 Å². The topological polar surface area (TPSA) is 52.0 Å². The normalized spacial score (nSPS) is 5.00. The fraction of sp³-hybridized carbons (Fsp3) is 0.500. The lowest BCUT2D eigenvalue weighted by atomic mass is 11.3. The van der Waals surface area contributed by atoms with Crippen molar-refractivity contribution in [1.29, 1.82) is 0 Å². The van der Waals surface area contributed by atoms with E-state index in [-0.39, 0.29) is 5.11 Å². The van der Waals surface area contributed by atoms with Crippen LogP contribution in [0, 0.1) is 0 Å². The molecule has 2 nitrogen and oxygen atoms in total. The van der Waals surface area contributed by atoms with Crippen molar-refractivity contribution in [2.45, 2.75) is 0 Å². The molecule has 0 aromatic heterocycles. The molecule has 6 heavy (non-hydrogen) atoms. The Morgan fingerprint density at radius 2 is 1.50 bits per heavy atom. The molecule has 0 amide bonds. The van der Waals surface area contributed by atoms with Crippen molar-refractivity contribution in [3.8, 4) is 0 Å². The Hall–Kier alpha value is 0.420. The average molecular weight is 218 g/mol. The van der Waals surface area contributed by atoms with Gasteiger partial charge >= 0.3 is 0 Å². The quantitative estimate of drug-likeness (QED) is 0.348. The van der Waals surface area contributed by atoms with Crippen molar-refractivity contribution < 1.29 is 0 Å². The third kappa shape index (κ3) is 293. The zero-order chi connectivity index (χ0) is 5.58. The first-order valence-electron chi connectivity index (χ1n) is 1.16. The van der Waals surface area contributed by atoms with Crippen molar-refractivity contribution in [3.05, 3.63) is 0 Å². The number of nitrogens with two attached hydrogens (primary N) is 2. The lowest BCUT2D eigenvalue weighted by Crippen LogP contribution is -2.18. The first-order valence-corrected chi connectivity index (χ1v) is 3.73. The fourth-order valence-electron chi connectivity index (χ4n) is 0. The predicted octanol–water partition coefficient (Wildman–Crippen LogP) is 0.240. The standard InChI is InChI=1S/CH3I.CH4N2S/c1-2;2-1(3)4/h1H3;(H4,2,3,4). The van der Waals surface area contributed by atoms with E-state index in [1.807, 2.05) is 4.93 Å². The van der Waals surface area contributed by atoms with E-state index < -0.39 is 0 Å². The zero-order valence-corrected chi connectivity index (χ0v) is 6.41.